The quantitative estimate of drug-likeness (QED) is 0.836. The Labute approximate surface area is 132 Å². The topological polar surface area (TPSA) is 53.3 Å². The van der Waals surface area contributed by atoms with Gasteiger partial charge in [0.15, 0.2) is 0 Å². The van der Waals surface area contributed by atoms with Crippen LogP contribution in [0, 0.1) is 17.2 Å². The van der Waals surface area contributed by atoms with E-state index in [9.17, 15) is 4.79 Å². The SMILES string of the molecule is CC(C)(C)OC(=O)N1CCC(Cc2ccccc2C#N)CC1. The van der Waals surface area contributed by atoms with Crippen molar-refractivity contribution in [3.05, 3.63) is 35.4 Å². The minimum absolute atomic E-state index is 0.219. The maximum atomic E-state index is 12.0. The highest BCUT2D eigenvalue weighted by Gasteiger charge is 2.27. The third-order valence-electron chi connectivity index (χ3n) is 3.91. The predicted octanol–water partition coefficient (Wildman–Crippen LogP) is 3.75. The Hall–Kier alpha value is -2.02. The van der Waals surface area contributed by atoms with Gasteiger partial charge in [0.05, 0.1) is 11.6 Å². The first-order valence-corrected chi connectivity index (χ1v) is 7.85. The van der Waals surface area contributed by atoms with Gasteiger partial charge in [0, 0.05) is 13.1 Å². The number of hydrogen-bond acceptors (Lipinski definition) is 3. The third-order valence-corrected chi connectivity index (χ3v) is 3.91. The molecule has 1 aromatic carbocycles. The Morgan fingerprint density at radius 1 is 1.32 bits per heavy atom. The molecule has 0 unspecified atom stereocenters. The molecule has 1 heterocycles. The van der Waals surface area contributed by atoms with Crippen LogP contribution in [0.2, 0.25) is 0 Å². The number of hydrogen-bond donors (Lipinski definition) is 0. The Kier molecular flexibility index (Phi) is 5.07. The van der Waals surface area contributed by atoms with Crippen molar-refractivity contribution >= 4 is 6.09 Å². The molecule has 0 aromatic heterocycles. The molecule has 1 aliphatic heterocycles. The van der Waals surface area contributed by atoms with Gasteiger partial charge >= 0.3 is 6.09 Å². The van der Waals surface area contributed by atoms with Crippen LogP contribution in [0.5, 0.6) is 0 Å². The number of benzene rings is 1. The van der Waals surface area contributed by atoms with E-state index >= 15 is 0 Å². The number of nitrogens with zero attached hydrogens (tertiary/aromatic N) is 2. The van der Waals surface area contributed by atoms with Gasteiger partial charge in [0.1, 0.15) is 5.60 Å². The average molecular weight is 300 g/mol. The standard InChI is InChI=1S/C18H24N2O2/c1-18(2,3)22-17(21)20-10-8-14(9-11-20)12-15-6-4-5-7-16(15)13-19/h4-7,14H,8-12H2,1-3H3. The van der Waals surface area contributed by atoms with Gasteiger partial charge < -0.3 is 9.64 Å². The predicted molar refractivity (Wildman–Crippen MR) is 85.4 cm³/mol. The molecule has 0 radical (unpaired) electrons. The maximum absolute atomic E-state index is 12.0. The molecule has 2 rings (SSSR count). The largest absolute Gasteiger partial charge is 0.444 e. The summed E-state index contributed by atoms with van der Waals surface area (Å²) in [4.78, 5) is 13.8. The van der Waals surface area contributed by atoms with Gasteiger partial charge in [-0.25, -0.2) is 4.79 Å². The first-order chi connectivity index (χ1) is 10.4. The van der Waals surface area contributed by atoms with Gasteiger partial charge in [-0.3, -0.25) is 0 Å². The Balaban J connectivity index is 1.88. The van der Waals surface area contributed by atoms with E-state index in [0.717, 1.165) is 43.5 Å². The van der Waals surface area contributed by atoms with Crippen molar-refractivity contribution < 1.29 is 9.53 Å². The Bertz CT molecular complexity index is 561. The number of ether oxygens (including phenoxy) is 1. The minimum atomic E-state index is -0.445. The van der Waals surface area contributed by atoms with Gasteiger partial charge in [0.25, 0.3) is 0 Å². The molecule has 118 valence electrons. The number of nitriles is 1. The van der Waals surface area contributed by atoms with E-state index in [1.807, 2.05) is 45.0 Å². The zero-order valence-electron chi connectivity index (χ0n) is 13.6. The van der Waals surface area contributed by atoms with E-state index in [1.165, 1.54) is 0 Å². The summed E-state index contributed by atoms with van der Waals surface area (Å²) in [6.45, 7) is 7.12. The van der Waals surface area contributed by atoms with Gasteiger partial charge in [-0.1, -0.05) is 18.2 Å². The Morgan fingerprint density at radius 3 is 2.55 bits per heavy atom. The Morgan fingerprint density at radius 2 is 1.95 bits per heavy atom. The van der Waals surface area contributed by atoms with E-state index < -0.39 is 5.60 Å². The van der Waals surface area contributed by atoms with Gasteiger partial charge in [-0.05, 0) is 57.6 Å². The van der Waals surface area contributed by atoms with Gasteiger partial charge in [0.2, 0.25) is 0 Å². The zero-order valence-corrected chi connectivity index (χ0v) is 13.6. The van der Waals surface area contributed by atoms with Crippen molar-refractivity contribution in [3.63, 3.8) is 0 Å². The normalized spacial score (nSPS) is 16.2. The molecule has 0 atom stereocenters. The molecule has 22 heavy (non-hydrogen) atoms. The molecule has 1 fully saturated rings. The summed E-state index contributed by atoms with van der Waals surface area (Å²) in [7, 11) is 0. The van der Waals surface area contributed by atoms with Crippen LogP contribution < -0.4 is 0 Å². The van der Waals surface area contributed by atoms with Crippen molar-refractivity contribution in [1.29, 1.82) is 5.26 Å². The van der Waals surface area contributed by atoms with Crippen LogP contribution in [0.25, 0.3) is 0 Å². The lowest BCUT2D eigenvalue weighted by molar-refractivity contribution is 0.0184. The first kappa shape index (κ1) is 16.4. The van der Waals surface area contributed by atoms with E-state index in [4.69, 9.17) is 10.00 Å². The molecule has 1 aromatic rings. The second kappa shape index (κ2) is 6.83. The van der Waals surface area contributed by atoms with Crippen molar-refractivity contribution in [1.82, 2.24) is 4.90 Å². The molecule has 0 N–H and O–H groups in total. The first-order valence-electron chi connectivity index (χ1n) is 7.85. The lowest BCUT2D eigenvalue weighted by atomic mass is 9.89. The molecule has 1 amide bonds. The third kappa shape index (κ3) is 4.49. The number of carbonyl (C=O) groups excluding carboxylic acids is 1. The minimum Gasteiger partial charge on any atom is -0.444 e. The van der Waals surface area contributed by atoms with Crippen molar-refractivity contribution in [2.45, 2.75) is 45.6 Å². The molecule has 0 bridgehead atoms. The second-order valence-corrected chi connectivity index (χ2v) is 6.88. The highest BCUT2D eigenvalue weighted by Crippen LogP contribution is 2.24. The number of piperidine rings is 1. The van der Waals surface area contributed by atoms with Crippen molar-refractivity contribution in [2.24, 2.45) is 5.92 Å². The van der Waals surface area contributed by atoms with Crippen LogP contribution in [0.15, 0.2) is 24.3 Å². The van der Waals surface area contributed by atoms with Crippen LogP contribution in [-0.2, 0) is 11.2 Å². The van der Waals surface area contributed by atoms with Crippen LogP contribution in [-0.4, -0.2) is 29.7 Å². The van der Waals surface area contributed by atoms with E-state index in [0.29, 0.717) is 5.92 Å². The van der Waals surface area contributed by atoms with Crippen molar-refractivity contribution in [3.8, 4) is 6.07 Å². The number of amides is 1. The lowest BCUT2D eigenvalue weighted by Gasteiger charge is -2.33. The molecule has 1 saturated heterocycles. The van der Waals surface area contributed by atoms with Gasteiger partial charge in [-0.2, -0.15) is 5.26 Å². The fourth-order valence-corrected chi connectivity index (χ4v) is 2.76. The molecule has 0 aliphatic carbocycles. The van der Waals surface area contributed by atoms with Crippen molar-refractivity contribution in [2.75, 3.05) is 13.1 Å². The maximum Gasteiger partial charge on any atom is 0.410 e. The summed E-state index contributed by atoms with van der Waals surface area (Å²) >= 11 is 0. The zero-order chi connectivity index (χ0) is 16.2. The molecule has 0 spiro atoms. The van der Waals surface area contributed by atoms with E-state index in [-0.39, 0.29) is 6.09 Å². The van der Waals surface area contributed by atoms with Crippen LogP contribution in [0.3, 0.4) is 0 Å². The molecule has 4 heteroatoms. The molecular formula is C18H24N2O2. The fourth-order valence-electron chi connectivity index (χ4n) is 2.76. The number of carbonyl (C=O) groups is 1. The van der Waals surface area contributed by atoms with E-state index in [1.54, 1.807) is 4.90 Å². The molecule has 4 nitrogen and oxygen atoms in total. The lowest BCUT2D eigenvalue weighted by Crippen LogP contribution is -2.42. The summed E-state index contributed by atoms with van der Waals surface area (Å²) in [5, 5.41) is 9.15. The smallest absolute Gasteiger partial charge is 0.410 e. The van der Waals surface area contributed by atoms with E-state index in [2.05, 4.69) is 6.07 Å². The summed E-state index contributed by atoms with van der Waals surface area (Å²) in [5.74, 6) is 0.521. The monoisotopic (exact) mass is 300 g/mol. The summed E-state index contributed by atoms with van der Waals surface area (Å²) < 4.78 is 5.41. The molecular weight excluding hydrogens is 276 g/mol. The van der Waals surface area contributed by atoms with Crippen LogP contribution in [0.4, 0.5) is 4.79 Å². The summed E-state index contributed by atoms with van der Waals surface area (Å²) in [6.07, 6.45) is 2.60. The van der Waals surface area contributed by atoms with Crippen LogP contribution >= 0.6 is 0 Å². The average Bonchev–Trinajstić information content (AvgIpc) is 2.47. The van der Waals surface area contributed by atoms with Gasteiger partial charge in [-0.15, -0.1) is 0 Å². The summed E-state index contributed by atoms with van der Waals surface area (Å²) in [6, 6.07) is 10.0. The molecule has 1 aliphatic rings. The van der Waals surface area contributed by atoms with Crippen LogP contribution in [0.1, 0.15) is 44.7 Å². The number of likely N-dealkylation sites (tertiary alicyclic amines) is 1. The summed E-state index contributed by atoms with van der Waals surface area (Å²) in [5.41, 5.74) is 1.43. The molecule has 0 saturated carbocycles. The second-order valence-electron chi connectivity index (χ2n) is 6.88. The fraction of sp³-hybridized carbons (Fsp3) is 0.556. The number of rotatable bonds is 2. The highest BCUT2D eigenvalue weighted by molar-refractivity contribution is 5.68. The highest BCUT2D eigenvalue weighted by atomic mass is 16.6.